The van der Waals surface area contributed by atoms with Crippen molar-refractivity contribution >= 4 is 15.7 Å². The monoisotopic (exact) mass is 369 g/mol. The molecule has 0 aromatic carbocycles. The molecule has 3 rings (SSSR count). The second kappa shape index (κ2) is 7.86. The molecule has 2 aliphatic rings. The maximum absolute atomic E-state index is 12.7. The van der Waals surface area contributed by atoms with Crippen molar-refractivity contribution in [2.24, 2.45) is 0 Å². The van der Waals surface area contributed by atoms with Gasteiger partial charge in [-0.3, -0.25) is 9.48 Å². The number of sulfone groups is 1. The van der Waals surface area contributed by atoms with Gasteiger partial charge in [-0.2, -0.15) is 5.10 Å². The van der Waals surface area contributed by atoms with Crippen LogP contribution in [-0.2, 0) is 25.9 Å². The summed E-state index contributed by atoms with van der Waals surface area (Å²) in [5.74, 6) is -0.159. The molecule has 25 heavy (non-hydrogen) atoms. The van der Waals surface area contributed by atoms with Crippen LogP contribution in [0.5, 0.6) is 0 Å². The summed E-state index contributed by atoms with van der Waals surface area (Å²) in [4.78, 5) is 14.3. The first-order valence-corrected chi connectivity index (χ1v) is 10.9. The zero-order valence-electron chi connectivity index (χ0n) is 14.8. The summed E-state index contributed by atoms with van der Waals surface area (Å²) < 4.78 is 31.7. The molecule has 1 aliphatic heterocycles. The molecule has 2 heterocycles. The molecule has 1 atom stereocenters. The summed E-state index contributed by atoms with van der Waals surface area (Å²) in [7, 11) is -3.15. The van der Waals surface area contributed by atoms with Gasteiger partial charge in [-0.05, 0) is 19.8 Å². The van der Waals surface area contributed by atoms with Crippen LogP contribution in [0.25, 0.3) is 0 Å². The minimum atomic E-state index is -3.15. The fourth-order valence-electron chi connectivity index (χ4n) is 3.61. The number of aryl methyl sites for hydroxylation is 1. The number of amides is 1. The average molecular weight is 369 g/mol. The third kappa shape index (κ3) is 4.61. The number of carbonyl (C=O) groups excluding carboxylic acids is 1. The van der Waals surface area contributed by atoms with E-state index in [0.29, 0.717) is 6.54 Å². The van der Waals surface area contributed by atoms with Gasteiger partial charge in [-0.15, -0.1) is 0 Å². The van der Waals surface area contributed by atoms with Crippen molar-refractivity contribution in [3.8, 4) is 0 Å². The Morgan fingerprint density at radius 3 is 2.76 bits per heavy atom. The van der Waals surface area contributed by atoms with Gasteiger partial charge in [-0.1, -0.05) is 19.3 Å². The molecule has 0 bridgehead atoms. The molecule has 8 heteroatoms. The molecular weight excluding hydrogens is 342 g/mol. The molecule has 1 aromatic rings. The standard InChI is InChI=1S/C17H27N3O4S/c1-2-19-11-14(10-18-19)16-13-25(22,23)9-8-20(16)17(21)12-24-15-6-4-3-5-7-15/h10-11,15-16H,2-9,12-13H2,1H3/t16-/m0/s1. The number of aromatic nitrogens is 2. The van der Waals surface area contributed by atoms with E-state index in [0.717, 1.165) is 31.2 Å². The van der Waals surface area contributed by atoms with Crippen molar-refractivity contribution in [3.63, 3.8) is 0 Å². The van der Waals surface area contributed by atoms with Crippen molar-refractivity contribution in [3.05, 3.63) is 18.0 Å². The Balaban J connectivity index is 1.69. The van der Waals surface area contributed by atoms with Gasteiger partial charge in [0.05, 0.1) is 29.8 Å². The van der Waals surface area contributed by atoms with E-state index in [9.17, 15) is 13.2 Å². The van der Waals surface area contributed by atoms with Crippen LogP contribution in [0.1, 0.15) is 50.6 Å². The van der Waals surface area contributed by atoms with E-state index >= 15 is 0 Å². The van der Waals surface area contributed by atoms with Gasteiger partial charge < -0.3 is 9.64 Å². The molecule has 0 unspecified atom stereocenters. The van der Waals surface area contributed by atoms with Gasteiger partial charge in [-0.25, -0.2) is 8.42 Å². The third-order valence-corrected chi connectivity index (χ3v) is 6.74. The second-order valence-electron chi connectivity index (χ2n) is 6.92. The van der Waals surface area contributed by atoms with Crippen molar-refractivity contribution in [2.75, 3.05) is 24.7 Å². The van der Waals surface area contributed by atoms with E-state index in [1.165, 1.54) is 6.42 Å². The molecule has 7 nitrogen and oxygen atoms in total. The van der Waals surface area contributed by atoms with E-state index in [-0.39, 0.29) is 36.7 Å². The maximum Gasteiger partial charge on any atom is 0.249 e. The lowest BCUT2D eigenvalue weighted by atomic mass is 9.98. The Bertz CT molecular complexity index is 695. The number of ether oxygens (including phenoxy) is 1. The van der Waals surface area contributed by atoms with E-state index in [1.807, 2.05) is 13.1 Å². The highest BCUT2D eigenvalue weighted by Crippen LogP contribution is 2.27. The normalized spacial score (nSPS) is 24.4. The lowest BCUT2D eigenvalue weighted by Crippen LogP contribution is -2.47. The van der Waals surface area contributed by atoms with E-state index < -0.39 is 15.9 Å². The van der Waals surface area contributed by atoms with Crippen molar-refractivity contribution in [1.29, 1.82) is 0 Å². The number of hydrogen-bond donors (Lipinski definition) is 0. The van der Waals surface area contributed by atoms with Crippen LogP contribution in [0, 0.1) is 0 Å². The van der Waals surface area contributed by atoms with Crippen LogP contribution >= 0.6 is 0 Å². The van der Waals surface area contributed by atoms with Gasteiger partial charge in [0.1, 0.15) is 6.61 Å². The van der Waals surface area contributed by atoms with Crippen LogP contribution < -0.4 is 0 Å². The molecule has 1 aliphatic carbocycles. The summed E-state index contributed by atoms with van der Waals surface area (Å²) in [6.07, 6.45) is 9.21. The largest absolute Gasteiger partial charge is 0.368 e. The second-order valence-corrected chi connectivity index (χ2v) is 9.15. The number of nitrogens with zero attached hydrogens (tertiary/aromatic N) is 3. The molecular formula is C17H27N3O4S. The lowest BCUT2D eigenvalue weighted by molar-refractivity contribution is -0.140. The minimum absolute atomic E-state index is 0.0145. The van der Waals surface area contributed by atoms with Gasteiger partial charge in [0.2, 0.25) is 5.91 Å². The molecule has 1 saturated carbocycles. The van der Waals surface area contributed by atoms with Crippen molar-refractivity contribution in [2.45, 2.75) is 57.7 Å². The Labute approximate surface area is 149 Å². The fraction of sp³-hybridized carbons (Fsp3) is 0.765. The highest BCUT2D eigenvalue weighted by molar-refractivity contribution is 7.91. The Morgan fingerprint density at radius 2 is 2.08 bits per heavy atom. The van der Waals surface area contributed by atoms with Gasteiger partial charge in [0.15, 0.2) is 9.84 Å². The van der Waals surface area contributed by atoms with Crippen LogP contribution in [0.2, 0.25) is 0 Å². The highest BCUT2D eigenvalue weighted by Gasteiger charge is 2.36. The van der Waals surface area contributed by atoms with Crippen LogP contribution in [-0.4, -0.2) is 59.8 Å². The zero-order chi connectivity index (χ0) is 17.9. The smallest absolute Gasteiger partial charge is 0.249 e. The molecule has 0 radical (unpaired) electrons. The van der Waals surface area contributed by atoms with Crippen LogP contribution in [0.3, 0.4) is 0 Å². The first-order valence-electron chi connectivity index (χ1n) is 9.12. The summed E-state index contributed by atoms with van der Waals surface area (Å²) in [5, 5.41) is 4.22. The topological polar surface area (TPSA) is 81.5 Å². The number of carbonyl (C=O) groups is 1. The Morgan fingerprint density at radius 1 is 1.32 bits per heavy atom. The molecule has 1 aromatic heterocycles. The van der Waals surface area contributed by atoms with E-state index in [1.54, 1.807) is 15.8 Å². The maximum atomic E-state index is 12.7. The number of hydrogen-bond acceptors (Lipinski definition) is 5. The first-order chi connectivity index (χ1) is 12.0. The summed E-state index contributed by atoms with van der Waals surface area (Å²) in [6, 6.07) is -0.471. The number of rotatable bonds is 5. The fourth-order valence-corrected chi connectivity index (χ4v) is 5.11. The van der Waals surface area contributed by atoms with Crippen LogP contribution in [0.15, 0.2) is 12.4 Å². The molecule has 1 saturated heterocycles. The van der Waals surface area contributed by atoms with Crippen molar-refractivity contribution in [1.82, 2.24) is 14.7 Å². The lowest BCUT2D eigenvalue weighted by Gasteiger charge is -2.35. The molecule has 0 N–H and O–H groups in total. The third-order valence-electron chi connectivity index (χ3n) is 5.11. The zero-order valence-corrected chi connectivity index (χ0v) is 15.6. The highest BCUT2D eigenvalue weighted by atomic mass is 32.2. The Kier molecular flexibility index (Phi) is 5.78. The van der Waals surface area contributed by atoms with E-state index in [2.05, 4.69) is 5.10 Å². The summed E-state index contributed by atoms with van der Waals surface area (Å²) in [5.41, 5.74) is 0.774. The SMILES string of the molecule is CCn1cc([C@@H]2CS(=O)(=O)CCN2C(=O)COC2CCCCC2)cn1. The molecule has 140 valence electrons. The summed E-state index contributed by atoms with van der Waals surface area (Å²) >= 11 is 0. The average Bonchev–Trinajstić information content (AvgIpc) is 3.09. The predicted molar refractivity (Wildman–Crippen MR) is 93.8 cm³/mol. The molecule has 2 fully saturated rings. The minimum Gasteiger partial charge on any atom is -0.368 e. The van der Waals surface area contributed by atoms with Gasteiger partial charge in [0, 0.05) is 24.8 Å². The quantitative estimate of drug-likeness (QED) is 0.786. The Hall–Kier alpha value is -1.41. The predicted octanol–water partition coefficient (Wildman–Crippen LogP) is 1.55. The summed E-state index contributed by atoms with van der Waals surface area (Å²) in [6.45, 7) is 2.92. The molecule has 1 amide bonds. The van der Waals surface area contributed by atoms with E-state index in [4.69, 9.17) is 4.74 Å². The van der Waals surface area contributed by atoms with Gasteiger partial charge >= 0.3 is 0 Å². The first kappa shape index (κ1) is 18.4. The van der Waals surface area contributed by atoms with Crippen molar-refractivity contribution < 1.29 is 17.9 Å². The molecule has 0 spiro atoms. The van der Waals surface area contributed by atoms with Gasteiger partial charge in [0.25, 0.3) is 0 Å². The van der Waals surface area contributed by atoms with Crippen LogP contribution in [0.4, 0.5) is 0 Å².